The molecule has 3 fully saturated rings. The Hall–Kier alpha value is -3.51. The van der Waals surface area contributed by atoms with Crippen molar-refractivity contribution in [3.05, 3.63) is 72.2 Å². The number of aromatic nitrogens is 4. The van der Waals surface area contributed by atoms with E-state index >= 15 is 4.39 Å². The third kappa shape index (κ3) is 3.31. The maximum Gasteiger partial charge on any atom is 0.133 e. The van der Waals surface area contributed by atoms with E-state index in [9.17, 15) is 0 Å². The lowest BCUT2D eigenvalue weighted by Crippen LogP contribution is -2.17. The Morgan fingerprint density at radius 1 is 1.00 bits per heavy atom. The van der Waals surface area contributed by atoms with Crippen molar-refractivity contribution >= 4 is 21.8 Å². The van der Waals surface area contributed by atoms with Gasteiger partial charge >= 0.3 is 0 Å². The first kappa shape index (κ1) is 20.7. The van der Waals surface area contributed by atoms with E-state index in [-0.39, 0.29) is 5.82 Å². The zero-order valence-corrected chi connectivity index (χ0v) is 20.2. The monoisotopic (exact) mass is 477 g/mol. The summed E-state index contributed by atoms with van der Waals surface area (Å²) in [7, 11) is 0. The van der Waals surface area contributed by atoms with Gasteiger partial charge in [0.2, 0.25) is 0 Å². The van der Waals surface area contributed by atoms with Crippen molar-refractivity contribution in [2.45, 2.75) is 44.7 Å². The van der Waals surface area contributed by atoms with Crippen LogP contribution in [-0.4, -0.2) is 26.0 Å². The zero-order chi connectivity index (χ0) is 24.0. The average molecular weight is 478 g/mol. The molecule has 0 amide bonds. The molecule has 0 saturated heterocycles. The van der Waals surface area contributed by atoms with E-state index < -0.39 is 0 Å². The quantitative estimate of drug-likeness (QED) is 0.260. The van der Waals surface area contributed by atoms with Crippen molar-refractivity contribution in [3.8, 4) is 22.4 Å². The molecule has 2 aromatic heterocycles. The Morgan fingerprint density at radius 2 is 1.86 bits per heavy atom. The zero-order valence-electron chi connectivity index (χ0n) is 20.2. The summed E-state index contributed by atoms with van der Waals surface area (Å²) in [5.74, 6) is 4.90. The summed E-state index contributed by atoms with van der Waals surface area (Å²) in [5, 5.41) is 5.74. The fourth-order valence-corrected chi connectivity index (χ4v) is 6.17. The third-order valence-electron chi connectivity index (χ3n) is 8.75. The van der Waals surface area contributed by atoms with Crippen molar-refractivity contribution in [2.75, 3.05) is 0 Å². The van der Waals surface area contributed by atoms with Crippen molar-refractivity contribution < 1.29 is 4.39 Å². The molecule has 3 aliphatic carbocycles. The second-order valence-electron chi connectivity index (χ2n) is 11.2. The molecule has 36 heavy (non-hydrogen) atoms. The van der Waals surface area contributed by atoms with Crippen molar-refractivity contribution in [2.24, 2.45) is 17.8 Å². The minimum Gasteiger partial charge on any atom is -0.342 e. The lowest BCUT2D eigenvalue weighted by atomic mass is 9.85. The highest BCUT2D eigenvalue weighted by atomic mass is 19.1. The number of H-pyrrole nitrogens is 2. The Kier molecular flexibility index (Phi) is 4.30. The molecule has 5 nitrogen and oxygen atoms in total. The molecule has 2 unspecified atom stereocenters. The number of halogens is 1. The largest absolute Gasteiger partial charge is 0.342 e. The first-order chi connectivity index (χ1) is 17.6. The highest BCUT2D eigenvalue weighted by Gasteiger charge is 2.54. The molecule has 6 heteroatoms. The summed E-state index contributed by atoms with van der Waals surface area (Å²) >= 11 is 0. The van der Waals surface area contributed by atoms with Crippen LogP contribution in [0.1, 0.15) is 43.8 Å². The molecule has 5 atom stereocenters. The molecule has 180 valence electrons. The number of benzene rings is 3. The van der Waals surface area contributed by atoms with Gasteiger partial charge < -0.3 is 15.3 Å². The molecular formula is C30H28FN5. The Morgan fingerprint density at radius 3 is 2.64 bits per heavy atom. The van der Waals surface area contributed by atoms with E-state index in [1.807, 2.05) is 12.1 Å². The van der Waals surface area contributed by atoms with E-state index in [0.29, 0.717) is 29.8 Å². The van der Waals surface area contributed by atoms with Gasteiger partial charge in [0.1, 0.15) is 17.5 Å². The first-order valence-electron chi connectivity index (χ1n) is 13.1. The topological polar surface area (TPSA) is 69.4 Å². The first-order valence-corrected chi connectivity index (χ1v) is 13.1. The molecular weight excluding hydrogens is 449 g/mol. The maximum absolute atomic E-state index is 15.2. The molecule has 0 bridgehead atoms. The number of aromatic amines is 2. The Balaban J connectivity index is 1.07. The summed E-state index contributed by atoms with van der Waals surface area (Å²) in [5.41, 5.74) is 5.25. The standard InChI is InChI=1S/C30H28FN5/c1-15-8-26(15)32-14-28-33-13-27(34-28)21-6-3-17(12-24(21)31)16-2-5-20-18(9-16)4-7-25-29(20)36-30(35-25)23-11-19-10-22(19)23/h2-7,9,12-13,15,19,22-23,26,32H,8,10-11,14H2,1H3,(H,33,34)(H,35,36)/t15?,19-,22?,23-,26-/m1/s1. The number of fused-ring (bicyclic) bond motifs is 4. The molecule has 2 heterocycles. The van der Waals surface area contributed by atoms with E-state index in [4.69, 9.17) is 4.98 Å². The van der Waals surface area contributed by atoms with Crippen LogP contribution in [0.4, 0.5) is 4.39 Å². The molecule has 3 aliphatic rings. The van der Waals surface area contributed by atoms with Gasteiger partial charge in [0.25, 0.3) is 0 Å². The van der Waals surface area contributed by atoms with Crippen LogP contribution in [0.5, 0.6) is 0 Å². The normalized spacial score (nSPS) is 26.2. The van der Waals surface area contributed by atoms with Gasteiger partial charge in [0, 0.05) is 22.9 Å². The smallest absolute Gasteiger partial charge is 0.133 e. The summed E-state index contributed by atoms with van der Waals surface area (Å²) < 4.78 is 15.2. The van der Waals surface area contributed by atoms with Crippen LogP contribution in [0.3, 0.4) is 0 Å². The molecule has 5 aromatic rings. The van der Waals surface area contributed by atoms with Gasteiger partial charge in [-0.05, 0) is 77.8 Å². The fourth-order valence-electron chi connectivity index (χ4n) is 6.17. The van der Waals surface area contributed by atoms with Gasteiger partial charge in [0.15, 0.2) is 0 Å². The predicted molar refractivity (Wildman–Crippen MR) is 140 cm³/mol. The van der Waals surface area contributed by atoms with Crippen LogP contribution >= 0.6 is 0 Å². The van der Waals surface area contributed by atoms with Crippen LogP contribution in [-0.2, 0) is 6.54 Å². The molecule has 0 aliphatic heterocycles. The highest BCUT2D eigenvalue weighted by molar-refractivity contribution is 6.05. The second-order valence-corrected chi connectivity index (χ2v) is 11.2. The van der Waals surface area contributed by atoms with Gasteiger partial charge in [-0.1, -0.05) is 31.2 Å². The number of hydrogen-bond acceptors (Lipinski definition) is 3. The lowest BCUT2D eigenvalue weighted by molar-refractivity contribution is 0.374. The van der Waals surface area contributed by atoms with Crippen LogP contribution in [0.15, 0.2) is 54.7 Å². The fraction of sp³-hybridized carbons (Fsp3) is 0.333. The average Bonchev–Trinajstić information content (AvgIpc) is 3.56. The second kappa shape index (κ2) is 7.50. The van der Waals surface area contributed by atoms with Gasteiger partial charge in [-0.15, -0.1) is 0 Å². The predicted octanol–water partition coefficient (Wildman–Crippen LogP) is 6.53. The minimum atomic E-state index is -0.252. The van der Waals surface area contributed by atoms with Gasteiger partial charge in [-0.3, -0.25) is 0 Å². The summed E-state index contributed by atoms with van der Waals surface area (Å²) in [6.07, 6.45) is 5.59. The van der Waals surface area contributed by atoms with Crippen LogP contribution in [0.25, 0.3) is 44.2 Å². The van der Waals surface area contributed by atoms with Gasteiger partial charge in [0.05, 0.1) is 29.5 Å². The number of hydrogen-bond donors (Lipinski definition) is 3. The minimum absolute atomic E-state index is 0.252. The number of imidazole rings is 2. The molecule has 3 saturated carbocycles. The molecule has 3 aromatic carbocycles. The number of nitrogens with one attached hydrogen (secondary N) is 3. The summed E-state index contributed by atoms with van der Waals surface area (Å²) in [4.78, 5) is 16.3. The van der Waals surface area contributed by atoms with Gasteiger partial charge in [-0.25, -0.2) is 14.4 Å². The SMILES string of the molecule is CC1C[C@H]1NCc1ncc(-c2ccc(-c3ccc4c(ccc5[nH]c([C@@H]6C[C@H]7CC76)nc54)c3)cc2F)[nH]1. The Labute approximate surface area is 208 Å². The molecule has 3 N–H and O–H groups in total. The van der Waals surface area contributed by atoms with Crippen LogP contribution in [0, 0.1) is 23.6 Å². The van der Waals surface area contributed by atoms with E-state index in [1.165, 1.54) is 19.3 Å². The number of rotatable bonds is 6. The van der Waals surface area contributed by atoms with E-state index in [1.54, 1.807) is 12.3 Å². The third-order valence-corrected chi connectivity index (χ3v) is 8.75. The maximum atomic E-state index is 15.2. The van der Waals surface area contributed by atoms with E-state index in [2.05, 4.69) is 57.5 Å². The van der Waals surface area contributed by atoms with E-state index in [0.717, 1.165) is 62.3 Å². The molecule has 8 rings (SSSR count). The Bertz CT molecular complexity index is 1650. The number of nitrogens with zero attached hydrogens (tertiary/aromatic N) is 2. The highest BCUT2D eigenvalue weighted by Crippen LogP contribution is 2.63. The summed E-state index contributed by atoms with van der Waals surface area (Å²) in [6.45, 7) is 2.92. The van der Waals surface area contributed by atoms with Crippen LogP contribution in [0.2, 0.25) is 0 Å². The van der Waals surface area contributed by atoms with Crippen molar-refractivity contribution in [3.63, 3.8) is 0 Å². The molecule has 0 spiro atoms. The van der Waals surface area contributed by atoms with Crippen molar-refractivity contribution in [1.82, 2.24) is 25.3 Å². The van der Waals surface area contributed by atoms with Gasteiger partial charge in [-0.2, -0.15) is 0 Å². The summed E-state index contributed by atoms with van der Waals surface area (Å²) in [6, 6.07) is 16.6. The van der Waals surface area contributed by atoms with Crippen LogP contribution < -0.4 is 5.32 Å². The molecule has 0 radical (unpaired) electrons. The lowest BCUT2D eigenvalue weighted by Gasteiger charge is -2.21. The van der Waals surface area contributed by atoms with Crippen molar-refractivity contribution in [1.29, 1.82) is 0 Å².